The lowest BCUT2D eigenvalue weighted by Crippen LogP contribution is -2.37. The van der Waals surface area contributed by atoms with Crippen LogP contribution in [-0.2, 0) is 14.4 Å². The number of aliphatic carboxylic acids is 1. The maximum atomic E-state index is 13.0. The molecule has 2 amide bonds. The molecule has 1 fully saturated rings. The van der Waals surface area contributed by atoms with Gasteiger partial charge < -0.3 is 15.3 Å². The van der Waals surface area contributed by atoms with Crippen molar-refractivity contribution in [1.29, 1.82) is 0 Å². The lowest BCUT2D eigenvalue weighted by atomic mass is 9.93. The fourth-order valence-corrected chi connectivity index (χ4v) is 2.51. The number of carbonyl (C=O) groups is 3. The normalized spacial score (nSPS) is 21.4. The number of benzene rings is 1. The van der Waals surface area contributed by atoms with Gasteiger partial charge in [-0.2, -0.15) is 0 Å². The summed E-state index contributed by atoms with van der Waals surface area (Å²) in [5.74, 6) is -2.95. The molecule has 21 heavy (non-hydrogen) atoms. The first-order chi connectivity index (χ1) is 9.90. The molecule has 1 saturated heterocycles. The summed E-state index contributed by atoms with van der Waals surface area (Å²) >= 11 is 0. The van der Waals surface area contributed by atoms with Crippen LogP contribution in [0.25, 0.3) is 0 Å². The van der Waals surface area contributed by atoms with Crippen LogP contribution in [0.3, 0.4) is 0 Å². The van der Waals surface area contributed by atoms with Crippen molar-refractivity contribution in [3.05, 3.63) is 35.6 Å². The monoisotopic (exact) mass is 294 g/mol. The molecule has 1 heterocycles. The number of carbonyl (C=O) groups excluding carboxylic acids is 2. The molecule has 0 aromatic heterocycles. The zero-order valence-corrected chi connectivity index (χ0v) is 11.4. The summed E-state index contributed by atoms with van der Waals surface area (Å²) in [4.78, 5) is 35.8. The van der Waals surface area contributed by atoms with Crippen molar-refractivity contribution in [3.8, 4) is 0 Å². The van der Waals surface area contributed by atoms with E-state index in [1.165, 1.54) is 29.2 Å². The Morgan fingerprint density at radius 1 is 1.38 bits per heavy atom. The van der Waals surface area contributed by atoms with Crippen LogP contribution in [0.1, 0.15) is 18.0 Å². The van der Waals surface area contributed by atoms with E-state index < -0.39 is 36.2 Å². The van der Waals surface area contributed by atoms with Gasteiger partial charge in [0.1, 0.15) is 12.4 Å². The quantitative estimate of drug-likeness (QED) is 0.849. The second-order valence-corrected chi connectivity index (χ2v) is 4.92. The minimum atomic E-state index is -1.15. The summed E-state index contributed by atoms with van der Waals surface area (Å²) in [5.41, 5.74) is 0.639. The average molecular weight is 294 g/mol. The Morgan fingerprint density at radius 3 is 2.57 bits per heavy atom. The largest absolute Gasteiger partial charge is 0.480 e. The second-order valence-electron chi connectivity index (χ2n) is 4.92. The highest BCUT2D eigenvalue weighted by atomic mass is 19.1. The third-order valence-corrected chi connectivity index (χ3v) is 3.55. The molecule has 2 unspecified atom stereocenters. The molecule has 0 spiro atoms. The van der Waals surface area contributed by atoms with Crippen LogP contribution in [0.2, 0.25) is 0 Å². The van der Waals surface area contributed by atoms with Crippen molar-refractivity contribution in [2.75, 3.05) is 13.6 Å². The molecule has 6 nitrogen and oxygen atoms in total. The van der Waals surface area contributed by atoms with Gasteiger partial charge in [-0.25, -0.2) is 4.39 Å². The van der Waals surface area contributed by atoms with E-state index >= 15 is 0 Å². The summed E-state index contributed by atoms with van der Waals surface area (Å²) < 4.78 is 13.0. The number of halogens is 1. The maximum absolute atomic E-state index is 13.0. The average Bonchev–Trinajstić information content (AvgIpc) is 2.73. The molecule has 0 saturated carbocycles. The van der Waals surface area contributed by atoms with Crippen molar-refractivity contribution in [3.63, 3.8) is 0 Å². The fourth-order valence-electron chi connectivity index (χ4n) is 2.51. The first-order valence-corrected chi connectivity index (χ1v) is 6.40. The molecule has 2 rings (SSSR count). The SMILES string of the molecule is CN1C(=O)CC(C(=O)NCC(=O)O)C1c1ccc(F)cc1. The maximum Gasteiger partial charge on any atom is 0.322 e. The number of nitrogens with zero attached hydrogens (tertiary/aromatic N) is 1. The summed E-state index contributed by atoms with van der Waals surface area (Å²) in [6.45, 7) is -0.497. The van der Waals surface area contributed by atoms with Crippen LogP contribution in [0, 0.1) is 11.7 Å². The minimum Gasteiger partial charge on any atom is -0.480 e. The predicted molar refractivity (Wildman–Crippen MR) is 70.7 cm³/mol. The molecule has 0 aliphatic carbocycles. The summed E-state index contributed by atoms with van der Waals surface area (Å²) in [6, 6.07) is 5.04. The molecular weight excluding hydrogens is 279 g/mol. The van der Waals surface area contributed by atoms with Crippen LogP contribution in [0.5, 0.6) is 0 Å². The van der Waals surface area contributed by atoms with Gasteiger partial charge in [-0.05, 0) is 17.7 Å². The van der Waals surface area contributed by atoms with Crippen molar-refractivity contribution in [2.24, 2.45) is 5.92 Å². The van der Waals surface area contributed by atoms with E-state index in [-0.39, 0.29) is 12.3 Å². The van der Waals surface area contributed by atoms with Crippen molar-refractivity contribution >= 4 is 17.8 Å². The van der Waals surface area contributed by atoms with E-state index in [9.17, 15) is 18.8 Å². The first kappa shape index (κ1) is 15.0. The van der Waals surface area contributed by atoms with Gasteiger partial charge in [0.2, 0.25) is 11.8 Å². The zero-order valence-electron chi connectivity index (χ0n) is 11.4. The number of carboxylic acids is 1. The van der Waals surface area contributed by atoms with Gasteiger partial charge in [0.05, 0.1) is 12.0 Å². The fraction of sp³-hybridized carbons (Fsp3) is 0.357. The molecule has 1 aromatic rings. The highest BCUT2D eigenvalue weighted by Crippen LogP contribution is 2.37. The van der Waals surface area contributed by atoms with Gasteiger partial charge in [-0.15, -0.1) is 0 Å². The third-order valence-electron chi connectivity index (χ3n) is 3.55. The Kier molecular flexibility index (Phi) is 4.21. The van der Waals surface area contributed by atoms with E-state index in [4.69, 9.17) is 5.11 Å². The van der Waals surface area contributed by atoms with E-state index in [1.807, 2.05) is 0 Å². The Balaban J connectivity index is 2.22. The van der Waals surface area contributed by atoms with Crippen LogP contribution >= 0.6 is 0 Å². The van der Waals surface area contributed by atoms with Crippen molar-refractivity contribution in [1.82, 2.24) is 10.2 Å². The summed E-state index contributed by atoms with van der Waals surface area (Å²) in [7, 11) is 1.57. The highest BCUT2D eigenvalue weighted by molar-refractivity contribution is 5.91. The molecular formula is C14H15FN2O4. The first-order valence-electron chi connectivity index (χ1n) is 6.40. The van der Waals surface area contributed by atoms with Gasteiger partial charge in [0, 0.05) is 13.5 Å². The molecule has 1 aromatic carbocycles. The third kappa shape index (κ3) is 3.18. The molecule has 2 N–H and O–H groups in total. The van der Waals surface area contributed by atoms with E-state index in [1.54, 1.807) is 7.05 Å². The molecule has 0 bridgehead atoms. The van der Waals surface area contributed by atoms with E-state index in [0.717, 1.165) is 0 Å². The molecule has 1 aliphatic rings. The Morgan fingerprint density at radius 2 is 2.00 bits per heavy atom. The van der Waals surface area contributed by atoms with Gasteiger partial charge in [-0.1, -0.05) is 12.1 Å². The lowest BCUT2D eigenvalue weighted by Gasteiger charge is -2.24. The Bertz CT molecular complexity index is 573. The van der Waals surface area contributed by atoms with Gasteiger partial charge in [0.25, 0.3) is 0 Å². The van der Waals surface area contributed by atoms with Crippen molar-refractivity contribution < 1.29 is 23.9 Å². The van der Waals surface area contributed by atoms with E-state index in [0.29, 0.717) is 5.56 Å². The predicted octanol–water partition coefficient (Wildman–Crippen LogP) is 0.546. The van der Waals surface area contributed by atoms with Crippen LogP contribution < -0.4 is 5.32 Å². The molecule has 1 aliphatic heterocycles. The second kappa shape index (κ2) is 5.90. The van der Waals surface area contributed by atoms with Crippen LogP contribution in [-0.4, -0.2) is 41.4 Å². The highest BCUT2D eigenvalue weighted by Gasteiger charge is 2.42. The van der Waals surface area contributed by atoms with Crippen LogP contribution in [0.15, 0.2) is 24.3 Å². The summed E-state index contributed by atoms with van der Waals surface area (Å²) in [6.07, 6.45) is 0.00396. The van der Waals surface area contributed by atoms with Gasteiger partial charge in [0.15, 0.2) is 0 Å². The number of carboxylic acid groups (broad SMARTS) is 1. The van der Waals surface area contributed by atoms with Gasteiger partial charge >= 0.3 is 5.97 Å². The Labute approximate surface area is 120 Å². The molecule has 7 heteroatoms. The van der Waals surface area contributed by atoms with Gasteiger partial charge in [-0.3, -0.25) is 14.4 Å². The molecule has 112 valence electrons. The molecule has 2 atom stereocenters. The number of likely N-dealkylation sites (tertiary alicyclic amines) is 1. The van der Waals surface area contributed by atoms with E-state index in [2.05, 4.69) is 5.32 Å². The molecule has 0 radical (unpaired) electrons. The number of hydrogen-bond acceptors (Lipinski definition) is 3. The summed E-state index contributed by atoms with van der Waals surface area (Å²) in [5, 5.41) is 10.9. The van der Waals surface area contributed by atoms with Crippen molar-refractivity contribution in [2.45, 2.75) is 12.5 Å². The topological polar surface area (TPSA) is 86.7 Å². The minimum absolute atomic E-state index is 0.00396. The Hall–Kier alpha value is -2.44. The lowest BCUT2D eigenvalue weighted by molar-refractivity contribution is -0.138. The van der Waals surface area contributed by atoms with Crippen LogP contribution in [0.4, 0.5) is 4.39 Å². The number of hydrogen-bond donors (Lipinski definition) is 2. The standard InChI is InChI=1S/C14H15FN2O4/c1-17-11(18)6-10(14(21)16-7-12(19)20)13(17)8-2-4-9(15)5-3-8/h2-5,10,13H,6-7H2,1H3,(H,16,21)(H,19,20). The zero-order chi connectivity index (χ0) is 15.6. The number of nitrogens with one attached hydrogen (secondary N) is 1. The smallest absolute Gasteiger partial charge is 0.322 e. The number of rotatable bonds is 4. The number of amides is 2.